The van der Waals surface area contributed by atoms with Crippen molar-refractivity contribution in [1.29, 1.82) is 0 Å². The van der Waals surface area contributed by atoms with E-state index in [-0.39, 0.29) is 6.61 Å². The van der Waals surface area contributed by atoms with Gasteiger partial charge in [-0.25, -0.2) is 22.0 Å². The summed E-state index contributed by atoms with van der Waals surface area (Å²) >= 11 is 0. The fourth-order valence-corrected chi connectivity index (χ4v) is 4.69. The average molecular weight is 374 g/mol. The van der Waals surface area contributed by atoms with Gasteiger partial charge in [-0.1, -0.05) is 0 Å². The maximum absolute atomic E-state index is 14.1. The summed E-state index contributed by atoms with van der Waals surface area (Å²) in [4.78, 5) is 11.9. The molecule has 0 saturated carbocycles. The van der Waals surface area contributed by atoms with Crippen molar-refractivity contribution in [3.05, 3.63) is 34.6 Å². The standard InChI is InChI=1S/C12H15F5N2O4Si/c1-4-23-24(21-2,22-3)12(19,11(18)20)5-6(13)8(15)10(17)9(16)7(5)14/h4,19H2,1-3H3,(H2,18,20). The number of hydrogen-bond acceptors (Lipinski definition) is 5. The predicted molar refractivity (Wildman–Crippen MR) is 72.7 cm³/mol. The Morgan fingerprint density at radius 2 is 1.38 bits per heavy atom. The smallest absolute Gasteiger partial charge is 0.375 e. The zero-order valence-electron chi connectivity index (χ0n) is 12.9. The predicted octanol–water partition coefficient (Wildman–Crippen LogP) is 0.829. The zero-order chi connectivity index (χ0) is 18.9. The summed E-state index contributed by atoms with van der Waals surface area (Å²) in [5.41, 5.74) is 9.13. The van der Waals surface area contributed by atoms with Crippen LogP contribution in [-0.2, 0) is 23.2 Å². The lowest BCUT2D eigenvalue weighted by Gasteiger charge is -2.39. The SMILES string of the molecule is CCO[Si](OC)(OC)C(N)(C(N)=O)c1c(F)c(F)c(F)c(F)c1F. The highest BCUT2D eigenvalue weighted by Gasteiger charge is 2.66. The molecule has 0 radical (unpaired) electrons. The van der Waals surface area contributed by atoms with Gasteiger partial charge in [-0.2, -0.15) is 0 Å². The Morgan fingerprint density at radius 3 is 1.67 bits per heavy atom. The molecule has 1 amide bonds. The second kappa shape index (κ2) is 7.10. The summed E-state index contributed by atoms with van der Waals surface area (Å²) in [5, 5.41) is -3.07. The van der Waals surface area contributed by atoms with Gasteiger partial charge >= 0.3 is 8.80 Å². The molecule has 0 bridgehead atoms. The van der Waals surface area contributed by atoms with Crippen LogP contribution in [0.1, 0.15) is 12.5 Å². The van der Waals surface area contributed by atoms with Gasteiger partial charge in [0.15, 0.2) is 28.4 Å². The van der Waals surface area contributed by atoms with Crippen LogP contribution in [0.25, 0.3) is 0 Å². The van der Waals surface area contributed by atoms with Crippen LogP contribution in [-0.4, -0.2) is 35.5 Å². The second-order valence-corrected chi connectivity index (χ2v) is 7.52. The molecule has 0 aliphatic rings. The molecule has 1 aromatic carbocycles. The van der Waals surface area contributed by atoms with Gasteiger partial charge in [0.25, 0.3) is 0 Å². The Kier molecular flexibility index (Phi) is 6.05. The monoisotopic (exact) mass is 374 g/mol. The Labute approximate surface area is 134 Å². The first kappa shape index (κ1) is 20.4. The molecule has 6 nitrogen and oxygen atoms in total. The molecule has 24 heavy (non-hydrogen) atoms. The van der Waals surface area contributed by atoms with E-state index in [9.17, 15) is 26.7 Å². The van der Waals surface area contributed by atoms with Crippen molar-refractivity contribution in [1.82, 2.24) is 0 Å². The summed E-state index contributed by atoms with van der Waals surface area (Å²) in [6.07, 6.45) is 0. The average Bonchev–Trinajstić information content (AvgIpc) is 2.55. The van der Waals surface area contributed by atoms with Gasteiger partial charge in [-0.15, -0.1) is 0 Å². The van der Waals surface area contributed by atoms with E-state index in [0.717, 1.165) is 14.2 Å². The normalized spacial score (nSPS) is 14.5. The number of carbonyl (C=O) groups is 1. The van der Waals surface area contributed by atoms with Gasteiger partial charge in [-0.05, 0) is 6.92 Å². The Morgan fingerprint density at radius 1 is 1.00 bits per heavy atom. The maximum atomic E-state index is 14.1. The number of nitrogens with two attached hydrogens (primary N) is 2. The molecule has 0 spiro atoms. The van der Waals surface area contributed by atoms with E-state index in [1.54, 1.807) is 0 Å². The van der Waals surface area contributed by atoms with E-state index >= 15 is 0 Å². The van der Waals surface area contributed by atoms with Crippen LogP contribution in [0.4, 0.5) is 22.0 Å². The number of primary amides is 1. The number of benzene rings is 1. The first-order valence-corrected chi connectivity index (χ1v) is 8.13. The van der Waals surface area contributed by atoms with Gasteiger partial charge in [0, 0.05) is 20.8 Å². The van der Waals surface area contributed by atoms with Gasteiger partial charge in [0.2, 0.25) is 11.7 Å². The number of amides is 1. The van der Waals surface area contributed by atoms with Crippen LogP contribution in [0.3, 0.4) is 0 Å². The molecule has 0 aliphatic carbocycles. The molecule has 0 fully saturated rings. The Balaban J connectivity index is 3.96. The van der Waals surface area contributed by atoms with Crippen molar-refractivity contribution in [2.24, 2.45) is 11.5 Å². The lowest BCUT2D eigenvalue weighted by atomic mass is 10.0. The van der Waals surface area contributed by atoms with Crippen LogP contribution in [0.15, 0.2) is 0 Å². The third-order valence-corrected chi connectivity index (χ3v) is 6.55. The van der Waals surface area contributed by atoms with Gasteiger partial charge in [0.1, 0.15) is 0 Å². The van der Waals surface area contributed by atoms with Crippen LogP contribution < -0.4 is 11.5 Å². The topological polar surface area (TPSA) is 96.8 Å². The van der Waals surface area contributed by atoms with E-state index in [1.165, 1.54) is 6.92 Å². The summed E-state index contributed by atoms with van der Waals surface area (Å²) in [6, 6.07) is 0. The molecular weight excluding hydrogens is 359 g/mol. The molecule has 0 heterocycles. The minimum atomic E-state index is -4.56. The van der Waals surface area contributed by atoms with Crippen molar-refractivity contribution in [2.75, 3.05) is 20.8 Å². The molecule has 1 aromatic rings. The summed E-state index contributed by atoms with van der Waals surface area (Å²) in [7, 11) is -2.69. The van der Waals surface area contributed by atoms with Crippen LogP contribution in [0, 0.1) is 29.1 Å². The summed E-state index contributed by atoms with van der Waals surface area (Å²) in [5.74, 6) is -13.3. The third kappa shape index (κ3) is 2.69. The number of hydrogen-bond donors (Lipinski definition) is 2. The van der Waals surface area contributed by atoms with Crippen LogP contribution >= 0.6 is 0 Å². The van der Waals surface area contributed by atoms with E-state index in [1.807, 2.05) is 0 Å². The minimum absolute atomic E-state index is 0.213. The first-order chi connectivity index (χ1) is 11.1. The summed E-state index contributed by atoms with van der Waals surface area (Å²) in [6.45, 7) is 1.19. The largest absolute Gasteiger partial charge is 0.536 e. The van der Waals surface area contributed by atoms with Gasteiger partial charge < -0.3 is 24.7 Å². The van der Waals surface area contributed by atoms with Crippen LogP contribution in [0.2, 0.25) is 0 Å². The van der Waals surface area contributed by atoms with E-state index < -0.39 is 54.5 Å². The van der Waals surface area contributed by atoms with Crippen molar-refractivity contribution in [3.63, 3.8) is 0 Å². The van der Waals surface area contributed by atoms with Crippen molar-refractivity contribution in [3.8, 4) is 0 Å². The highest BCUT2D eigenvalue weighted by atomic mass is 28.4. The van der Waals surface area contributed by atoms with Gasteiger partial charge in [-0.3, -0.25) is 4.79 Å². The molecule has 136 valence electrons. The molecule has 1 unspecified atom stereocenters. The Bertz CT molecular complexity index is 630. The molecule has 0 aromatic heterocycles. The van der Waals surface area contributed by atoms with Crippen molar-refractivity contribution < 1.29 is 40.0 Å². The molecule has 4 N–H and O–H groups in total. The zero-order valence-corrected chi connectivity index (χ0v) is 13.9. The molecule has 1 atom stereocenters. The quantitative estimate of drug-likeness (QED) is 0.319. The summed E-state index contributed by atoms with van der Waals surface area (Å²) < 4.78 is 83.5. The maximum Gasteiger partial charge on any atom is 0.536 e. The highest BCUT2D eigenvalue weighted by Crippen LogP contribution is 2.37. The second-order valence-electron chi connectivity index (χ2n) is 4.51. The fraction of sp³-hybridized carbons (Fsp3) is 0.417. The highest BCUT2D eigenvalue weighted by molar-refractivity contribution is 6.68. The molecule has 1 rings (SSSR count). The van der Waals surface area contributed by atoms with Gasteiger partial charge in [0.05, 0.1) is 5.56 Å². The molecular formula is C12H15F5N2O4Si. The molecule has 0 aliphatic heterocycles. The van der Waals surface area contributed by atoms with Crippen LogP contribution in [0.5, 0.6) is 0 Å². The lowest BCUT2D eigenvalue weighted by Crippen LogP contribution is -2.73. The van der Waals surface area contributed by atoms with E-state index in [4.69, 9.17) is 24.7 Å². The number of halogens is 5. The fourth-order valence-electron chi connectivity index (χ4n) is 2.21. The minimum Gasteiger partial charge on any atom is -0.375 e. The van der Waals surface area contributed by atoms with Crippen molar-refractivity contribution in [2.45, 2.75) is 12.1 Å². The molecule has 0 saturated heterocycles. The third-order valence-electron chi connectivity index (χ3n) is 3.35. The lowest BCUT2D eigenvalue weighted by molar-refractivity contribution is -0.123. The Hall–Kier alpha value is -1.60. The van der Waals surface area contributed by atoms with E-state index in [2.05, 4.69) is 0 Å². The van der Waals surface area contributed by atoms with Crippen molar-refractivity contribution >= 4 is 14.7 Å². The number of rotatable bonds is 7. The number of carbonyl (C=O) groups excluding carboxylic acids is 1. The molecule has 12 heteroatoms. The first-order valence-electron chi connectivity index (χ1n) is 6.40. The van der Waals surface area contributed by atoms with E-state index in [0.29, 0.717) is 0 Å².